The summed E-state index contributed by atoms with van der Waals surface area (Å²) < 4.78 is 0. The number of pyridine rings is 1. The van der Waals surface area contributed by atoms with Crippen LogP contribution in [0.15, 0.2) is 35.3 Å². The smallest absolute Gasteiger partial charge is 0.248 e. The van der Waals surface area contributed by atoms with Crippen LogP contribution >= 0.6 is 0 Å². The highest BCUT2D eigenvalue weighted by atomic mass is 16.1. The van der Waals surface area contributed by atoms with Gasteiger partial charge >= 0.3 is 0 Å². The van der Waals surface area contributed by atoms with Gasteiger partial charge in [-0.1, -0.05) is 12.0 Å². The van der Waals surface area contributed by atoms with E-state index < -0.39 is 0 Å². The summed E-state index contributed by atoms with van der Waals surface area (Å²) in [6, 6.07) is 6.93. The van der Waals surface area contributed by atoms with Crippen LogP contribution in [0.1, 0.15) is 5.56 Å². The Balaban J connectivity index is 2.64. The SMILES string of the molecule is O=CC#Cc1ccc2c[nH]c(=O)cc2c1. The lowest BCUT2D eigenvalue weighted by Crippen LogP contribution is -2.01. The first kappa shape index (κ1) is 9.22. The van der Waals surface area contributed by atoms with Gasteiger partial charge in [-0.3, -0.25) is 9.59 Å². The first-order valence-corrected chi connectivity index (χ1v) is 4.37. The third kappa shape index (κ3) is 1.94. The molecule has 0 aliphatic rings. The predicted octanol–water partition coefficient (Wildman–Crippen LogP) is 1.08. The van der Waals surface area contributed by atoms with Crippen LogP contribution in [0.25, 0.3) is 10.8 Å². The molecular weight excluding hydrogens is 190 g/mol. The van der Waals surface area contributed by atoms with E-state index in [-0.39, 0.29) is 5.56 Å². The Hall–Kier alpha value is -2.34. The van der Waals surface area contributed by atoms with Gasteiger partial charge in [0, 0.05) is 17.8 Å². The fourth-order valence-electron chi connectivity index (χ4n) is 1.35. The second-order valence-corrected chi connectivity index (χ2v) is 3.03. The fraction of sp³-hybridized carbons (Fsp3) is 0. The Morgan fingerprint density at radius 1 is 1.20 bits per heavy atom. The molecule has 0 spiro atoms. The zero-order valence-electron chi connectivity index (χ0n) is 7.78. The first-order valence-electron chi connectivity index (χ1n) is 4.37. The molecule has 3 nitrogen and oxygen atoms in total. The van der Waals surface area contributed by atoms with E-state index in [4.69, 9.17) is 0 Å². The Morgan fingerprint density at radius 2 is 2.07 bits per heavy atom. The van der Waals surface area contributed by atoms with Crippen molar-refractivity contribution in [3.63, 3.8) is 0 Å². The minimum atomic E-state index is -0.150. The standard InChI is InChI=1S/C12H7NO2/c14-5-1-2-9-3-4-10-8-13-12(15)7-11(10)6-9/h3-8H,(H,13,15). The van der Waals surface area contributed by atoms with E-state index in [1.54, 1.807) is 18.3 Å². The van der Waals surface area contributed by atoms with E-state index >= 15 is 0 Å². The van der Waals surface area contributed by atoms with E-state index in [1.807, 2.05) is 6.07 Å². The molecule has 3 heteroatoms. The number of nitrogens with one attached hydrogen (secondary N) is 1. The van der Waals surface area contributed by atoms with Gasteiger partial charge in [0.05, 0.1) is 0 Å². The van der Waals surface area contributed by atoms with Gasteiger partial charge in [-0.05, 0) is 28.8 Å². The second-order valence-electron chi connectivity index (χ2n) is 3.03. The van der Waals surface area contributed by atoms with Crippen molar-refractivity contribution in [2.75, 3.05) is 0 Å². The number of carbonyl (C=O) groups excluding carboxylic acids is 1. The largest absolute Gasteiger partial charge is 0.328 e. The molecule has 0 bridgehead atoms. The lowest BCUT2D eigenvalue weighted by molar-refractivity contribution is -0.103. The van der Waals surface area contributed by atoms with Crippen molar-refractivity contribution in [3.05, 3.63) is 46.4 Å². The fourth-order valence-corrected chi connectivity index (χ4v) is 1.35. The van der Waals surface area contributed by atoms with E-state index in [2.05, 4.69) is 16.8 Å². The zero-order chi connectivity index (χ0) is 10.7. The Morgan fingerprint density at radius 3 is 2.87 bits per heavy atom. The molecule has 0 fully saturated rings. The van der Waals surface area contributed by atoms with Gasteiger partial charge in [-0.2, -0.15) is 0 Å². The number of aromatic nitrogens is 1. The first-order chi connectivity index (χ1) is 7.29. The summed E-state index contributed by atoms with van der Waals surface area (Å²) in [6.45, 7) is 0. The summed E-state index contributed by atoms with van der Waals surface area (Å²) >= 11 is 0. The maximum Gasteiger partial charge on any atom is 0.248 e. The lowest BCUT2D eigenvalue weighted by atomic mass is 10.1. The van der Waals surface area contributed by atoms with E-state index in [0.717, 1.165) is 16.3 Å². The highest BCUT2D eigenvalue weighted by molar-refractivity contribution is 5.83. The summed E-state index contributed by atoms with van der Waals surface area (Å²) in [5, 5.41) is 1.75. The Kier molecular flexibility index (Phi) is 2.34. The van der Waals surface area contributed by atoms with Crippen LogP contribution in [-0.2, 0) is 4.79 Å². The summed E-state index contributed by atoms with van der Waals surface area (Å²) in [6.07, 6.45) is 2.19. The zero-order valence-corrected chi connectivity index (χ0v) is 7.78. The molecule has 1 heterocycles. The Bertz CT molecular complexity index is 629. The highest BCUT2D eigenvalue weighted by Crippen LogP contribution is 2.12. The van der Waals surface area contributed by atoms with Crippen LogP contribution in [0.5, 0.6) is 0 Å². The molecule has 15 heavy (non-hydrogen) atoms. The summed E-state index contributed by atoms with van der Waals surface area (Å²) in [5.74, 6) is 5.00. The quantitative estimate of drug-likeness (QED) is 0.507. The number of benzene rings is 1. The monoisotopic (exact) mass is 197 g/mol. The summed E-state index contributed by atoms with van der Waals surface area (Å²) in [5.41, 5.74) is 0.572. The van der Waals surface area contributed by atoms with E-state index in [0.29, 0.717) is 6.29 Å². The molecule has 0 atom stereocenters. The van der Waals surface area contributed by atoms with Gasteiger partial charge < -0.3 is 4.98 Å². The number of aldehydes is 1. The molecule has 1 aromatic heterocycles. The van der Waals surface area contributed by atoms with Gasteiger partial charge in [0.15, 0.2) is 6.29 Å². The number of rotatable bonds is 0. The Labute approximate surface area is 85.7 Å². The third-order valence-electron chi connectivity index (χ3n) is 2.02. The number of hydrogen-bond donors (Lipinski definition) is 1. The number of fused-ring (bicyclic) bond motifs is 1. The summed E-state index contributed by atoms with van der Waals surface area (Å²) in [4.78, 5) is 23.7. The second kappa shape index (κ2) is 3.81. The molecule has 0 radical (unpaired) electrons. The maximum atomic E-state index is 11.1. The van der Waals surface area contributed by atoms with Crippen molar-refractivity contribution in [1.29, 1.82) is 0 Å². The van der Waals surface area contributed by atoms with Crippen molar-refractivity contribution < 1.29 is 4.79 Å². The molecule has 0 unspecified atom stereocenters. The molecule has 1 N–H and O–H groups in total. The average molecular weight is 197 g/mol. The number of carbonyl (C=O) groups is 1. The molecule has 2 rings (SSSR count). The third-order valence-corrected chi connectivity index (χ3v) is 2.02. The van der Waals surface area contributed by atoms with Gasteiger partial charge in [0.1, 0.15) is 0 Å². The van der Waals surface area contributed by atoms with Crippen LogP contribution < -0.4 is 5.56 Å². The lowest BCUT2D eigenvalue weighted by Gasteiger charge is -1.96. The number of aromatic amines is 1. The molecule has 0 aliphatic heterocycles. The van der Waals surface area contributed by atoms with Crippen molar-refractivity contribution in [3.8, 4) is 11.8 Å². The van der Waals surface area contributed by atoms with Crippen molar-refractivity contribution in [2.45, 2.75) is 0 Å². The maximum absolute atomic E-state index is 11.1. The molecule has 1 aromatic carbocycles. The van der Waals surface area contributed by atoms with Gasteiger partial charge in [-0.15, -0.1) is 0 Å². The highest BCUT2D eigenvalue weighted by Gasteiger charge is 1.94. The normalized spacial score (nSPS) is 9.33. The molecule has 0 aliphatic carbocycles. The van der Waals surface area contributed by atoms with Crippen LogP contribution in [0.2, 0.25) is 0 Å². The van der Waals surface area contributed by atoms with Crippen LogP contribution in [0.3, 0.4) is 0 Å². The minimum absolute atomic E-state index is 0.150. The number of hydrogen-bond acceptors (Lipinski definition) is 2. The van der Waals surface area contributed by atoms with Crippen molar-refractivity contribution in [1.82, 2.24) is 4.98 Å². The van der Waals surface area contributed by atoms with Crippen molar-refractivity contribution in [2.24, 2.45) is 0 Å². The topological polar surface area (TPSA) is 49.9 Å². The average Bonchev–Trinajstić information content (AvgIpc) is 2.25. The molecular formula is C12H7NO2. The molecule has 2 aromatic rings. The van der Waals surface area contributed by atoms with Crippen LogP contribution in [0.4, 0.5) is 0 Å². The minimum Gasteiger partial charge on any atom is -0.328 e. The summed E-state index contributed by atoms with van der Waals surface area (Å²) in [7, 11) is 0. The van der Waals surface area contributed by atoms with Gasteiger partial charge in [0.2, 0.25) is 5.56 Å². The van der Waals surface area contributed by atoms with Crippen molar-refractivity contribution >= 4 is 17.1 Å². The predicted molar refractivity (Wildman–Crippen MR) is 57.5 cm³/mol. The van der Waals surface area contributed by atoms with E-state index in [1.165, 1.54) is 6.07 Å². The van der Waals surface area contributed by atoms with E-state index in [9.17, 15) is 9.59 Å². The molecule has 0 saturated heterocycles. The van der Waals surface area contributed by atoms with Gasteiger partial charge in [0.25, 0.3) is 0 Å². The molecule has 72 valence electrons. The molecule has 0 saturated carbocycles. The molecule has 0 amide bonds. The number of H-pyrrole nitrogens is 1. The van der Waals surface area contributed by atoms with Crippen LogP contribution in [-0.4, -0.2) is 11.3 Å². The van der Waals surface area contributed by atoms with Crippen LogP contribution in [0, 0.1) is 11.8 Å². The van der Waals surface area contributed by atoms with Gasteiger partial charge in [-0.25, -0.2) is 0 Å².